The summed E-state index contributed by atoms with van der Waals surface area (Å²) in [4.78, 5) is 20.8. The molecule has 0 unspecified atom stereocenters. The number of ether oxygens (including phenoxy) is 1. The molecule has 1 aliphatic rings. The molecular weight excluding hydrogens is 418 g/mol. The van der Waals surface area contributed by atoms with Gasteiger partial charge < -0.3 is 9.30 Å². The van der Waals surface area contributed by atoms with Crippen molar-refractivity contribution in [2.45, 2.75) is 51.1 Å². The molecule has 3 aromatic rings. The summed E-state index contributed by atoms with van der Waals surface area (Å²) in [6, 6.07) is 17.2. The molecule has 2 aromatic carbocycles. The van der Waals surface area contributed by atoms with Crippen LogP contribution in [0.4, 0.5) is 0 Å². The van der Waals surface area contributed by atoms with E-state index in [4.69, 9.17) is 9.72 Å². The van der Waals surface area contributed by atoms with Gasteiger partial charge in [-0.25, -0.2) is 4.98 Å². The lowest BCUT2D eigenvalue weighted by atomic mass is 9.97. The molecule has 2 heterocycles. The Hall–Kier alpha value is -2.31. The van der Waals surface area contributed by atoms with Crippen molar-refractivity contribution in [3.8, 4) is 0 Å². The van der Waals surface area contributed by atoms with Crippen LogP contribution in [0.3, 0.4) is 0 Å². The van der Waals surface area contributed by atoms with Crippen LogP contribution in [0.15, 0.2) is 53.4 Å². The lowest BCUT2D eigenvalue weighted by molar-refractivity contribution is -0.149. The van der Waals surface area contributed by atoms with Crippen LogP contribution in [0.2, 0.25) is 0 Å². The molecule has 0 bridgehead atoms. The number of thioether (sulfide) groups is 1. The van der Waals surface area contributed by atoms with Gasteiger partial charge in [0.2, 0.25) is 0 Å². The zero-order valence-corrected chi connectivity index (χ0v) is 19.9. The van der Waals surface area contributed by atoms with E-state index in [1.54, 1.807) is 0 Å². The third kappa shape index (κ3) is 5.54. The zero-order valence-electron chi connectivity index (χ0n) is 19.1. The molecule has 0 amide bonds. The molecule has 0 radical (unpaired) electrons. The molecule has 0 aliphatic carbocycles. The van der Waals surface area contributed by atoms with Crippen molar-refractivity contribution in [1.82, 2.24) is 14.5 Å². The minimum absolute atomic E-state index is 0.0347. The Kier molecular flexibility index (Phi) is 7.87. The molecule has 0 atom stereocenters. The highest BCUT2D eigenvalue weighted by atomic mass is 32.2. The summed E-state index contributed by atoms with van der Waals surface area (Å²) in [5.41, 5.74) is 3.53. The first-order chi connectivity index (χ1) is 15.7. The predicted molar refractivity (Wildman–Crippen MR) is 131 cm³/mol. The highest BCUT2D eigenvalue weighted by molar-refractivity contribution is 7.99. The van der Waals surface area contributed by atoms with Crippen LogP contribution >= 0.6 is 11.8 Å². The van der Waals surface area contributed by atoms with Crippen LogP contribution in [-0.2, 0) is 22.6 Å². The van der Waals surface area contributed by atoms with Crippen molar-refractivity contribution >= 4 is 28.8 Å². The van der Waals surface area contributed by atoms with Crippen LogP contribution < -0.4 is 0 Å². The number of likely N-dealkylation sites (tertiary alicyclic amines) is 1. The minimum atomic E-state index is -0.0411. The molecule has 1 aliphatic heterocycles. The van der Waals surface area contributed by atoms with E-state index in [0.29, 0.717) is 6.61 Å². The molecule has 170 valence electrons. The van der Waals surface area contributed by atoms with Crippen molar-refractivity contribution in [3.05, 3.63) is 59.9 Å². The van der Waals surface area contributed by atoms with Crippen LogP contribution in [-0.4, -0.2) is 45.9 Å². The lowest BCUT2D eigenvalue weighted by Crippen LogP contribution is -2.37. The lowest BCUT2D eigenvalue weighted by Gasteiger charge is -2.30. The number of carbonyl (C=O) groups is 1. The molecular formula is C26H33N3O2S. The van der Waals surface area contributed by atoms with Gasteiger partial charge in [-0.15, -0.1) is 11.8 Å². The summed E-state index contributed by atoms with van der Waals surface area (Å²) in [5, 5.41) is 0. The Labute approximate surface area is 195 Å². The summed E-state index contributed by atoms with van der Waals surface area (Å²) in [7, 11) is 0. The van der Waals surface area contributed by atoms with E-state index in [0.717, 1.165) is 56.1 Å². The number of piperidine rings is 1. The fourth-order valence-electron chi connectivity index (χ4n) is 4.31. The number of carbonyl (C=O) groups excluding carboxylic acids is 1. The van der Waals surface area contributed by atoms with Gasteiger partial charge in [0.1, 0.15) is 5.82 Å². The largest absolute Gasteiger partial charge is 0.466 e. The van der Waals surface area contributed by atoms with Crippen molar-refractivity contribution in [2.24, 2.45) is 5.92 Å². The number of rotatable bonds is 9. The third-order valence-electron chi connectivity index (χ3n) is 6.03. The van der Waals surface area contributed by atoms with E-state index in [9.17, 15) is 4.79 Å². The second-order valence-corrected chi connectivity index (χ2v) is 9.57. The second-order valence-electron chi connectivity index (χ2n) is 8.40. The maximum Gasteiger partial charge on any atom is 0.309 e. The van der Waals surface area contributed by atoms with Gasteiger partial charge in [0.05, 0.1) is 30.1 Å². The van der Waals surface area contributed by atoms with E-state index in [2.05, 4.69) is 64.9 Å². The molecule has 1 saturated heterocycles. The standard InChI is InChI=1S/C26H33N3O2S/c1-3-16-32-22-10-11-23-24(17-22)29(18-20-8-6-5-7-9-20)25(27-23)19-28-14-12-21(13-15-28)26(30)31-4-2/h5-11,17,21H,3-4,12-16,18-19H2,1-2H3. The van der Waals surface area contributed by atoms with E-state index in [-0.39, 0.29) is 11.9 Å². The average Bonchev–Trinajstić information content (AvgIpc) is 3.15. The quantitative estimate of drug-likeness (QED) is 0.324. The Bertz CT molecular complexity index is 1030. The van der Waals surface area contributed by atoms with Crippen LogP contribution in [0.5, 0.6) is 0 Å². The maximum atomic E-state index is 12.1. The second kappa shape index (κ2) is 11.0. The highest BCUT2D eigenvalue weighted by Gasteiger charge is 2.27. The monoisotopic (exact) mass is 451 g/mol. The van der Waals surface area contributed by atoms with Crippen LogP contribution in [0.25, 0.3) is 11.0 Å². The van der Waals surface area contributed by atoms with E-state index < -0.39 is 0 Å². The summed E-state index contributed by atoms with van der Waals surface area (Å²) in [5.74, 6) is 2.21. The van der Waals surface area contributed by atoms with Gasteiger partial charge in [-0.1, -0.05) is 37.3 Å². The van der Waals surface area contributed by atoms with Gasteiger partial charge in [0.15, 0.2) is 0 Å². The summed E-state index contributed by atoms with van der Waals surface area (Å²) in [6.45, 7) is 7.96. The number of nitrogens with zero attached hydrogens (tertiary/aromatic N) is 3. The van der Waals surface area contributed by atoms with Crippen molar-refractivity contribution in [3.63, 3.8) is 0 Å². The molecule has 32 heavy (non-hydrogen) atoms. The number of fused-ring (bicyclic) bond motifs is 1. The van der Waals surface area contributed by atoms with Gasteiger partial charge in [0.25, 0.3) is 0 Å². The molecule has 4 rings (SSSR count). The SMILES string of the molecule is CCCSc1ccc2nc(CN3CCC(C(=O)OCC)CC3)n(Cc3ccccc3)c2c1. The van der Waals surface area contributed by atoms with Gasteiger partial charge in [-0.3, -0.25) is 9.69 Å². The average molecular weight is 452 g/mol. The molecule has 0 spiro atoms. The van der Waals surface area contributed by atoms with Gasteiger partial charge in [-0.2, -0.15) is 0 Å². The molecule has 6 heteroatoms. The van der Waals surface area contributed by atoms with Gasteiger partial charge in [0, 0.05) is 11.4 Å². The number of benzene rings is 2. The fourth-order valence-corrected chi connectivity index (χ4v) is 5.11. The molecule has 5 nitrogen and oxygen atoms in total. The smallest absolute Gasteiger partial charge is 0.309 e. The first kappa shape index (κ1) is 22.9. The van der Waals surface area contributed by atoms with Gasteiger partial charge in [-0.05, 0) is 68.8 Å². The normalized spacial score (nSPS) is 15.3. The van der Waals surface area contributed by atoms with Crippen molar-refractivity contribution in [1.29, 1.82) is 0 Å². The highest BCUT2D eigenvalue weighted by Crippen LogP contribution is 2.27. The first-order valence-electron chi connectivity index (χ1n) is 11.7. The van der Waals surface area contributed by atoms with Crippen LogP contribution in [0, 0.1) is 5.92 Å². The van der Waals surface area contributed by atoms with Crippen molar-refractivity contribution < 1.29 is 9.53 Å². The number of aromatic nitrogens is 2. The summed E-state index contributed by atoms with van der Waals surface area (Å²) in [6.07, 6.45) is 2.88. The Balaban J connectivity index is 1.56. The summed E-state index contributed by atoms with van der Waals surface area (Å²) < 4.78 is 7.60. The van der Waals surface area contributed by atoms with Crippen molar-refractivity contribution in [2.75, 3.05) is 25.4 Å². The Morgan fingerprint density at radius 1 is 1.09 bits per heavy atom. The van der Waals surface area contributed by atoms with E-state index >= 15 is 0 Å². The number of esters is 1. The van der Waals surface area contributed by atoms with Crippen LogP contribution in [0.1, 0.15) is 44.5 Å². The molecule has 0 N–H and O–H groups in total. The molecule has 1 aromatic heterocycles. The minimum Gasteiger partial charge on any atom is -0.466 e. The topological polar surface area (TPSA) is 47.4 Å². The van der Waals surface area contributed by atoms with Gasteiger partial charge >= 0.3 is 5.97 Å². The molecule has 0 saturated carbocycles. The number of imidazole rings is 1. The van der Waals surface area contributed by atoms with E-state index in [1.807, 2.05) is 18.7 Å². The predicted octanol–water partition coefficient (Wildman–Crippen LogP) is 5.36. The Morgan fingerprint density at radius 2 is 1.88 bits per heavy atom. The number of hydrogen-bond donors (Lipinski definition) is 0. The third-order valence-corrected chi connectivity index (χ3v) is 7.23. The number of hydrogen-bond acceptors (Lipinski definition) is 5. The zero-order chi connectivity index (χ0) is 22.3. The summed E-state index contributed by atoms with van der Waals surface area (Å²) >= 11 is 1.91. The maximum absolute atomic E-state index is 12.1. The van der Waals surface area contributed by atoms with E-state index in [1.165, 1.54) is 22.4 Å². The fraction of sp³-hybridized carbons (Fsp3) is 0.462. The Morgan fingerprint density at radius 3 is 2.59 bits per heavy atom. The first-order valence-corrected chi connectivity index (χ1v) is 12.7. The molecule has 1 fully saturated rings.